The van der Waals surface area contributed by atoms with Gasteiger partial charge in [-0.2, -0.15) is 13.2 Å². The molecule has 0 radical (unpaired) electrons. The second-order valence-corrected chi connectivity index (χ2v) is 3.98. The number of aryl methyl sites for hydroxylation is 1. The number of nitrogens with one attached hydrogen (secondary N) is 2. The van der Waals surface area contributed by atoms with E-state index < -0.39 is 12.8 Å². The molecule has 0 unspecified atom stereocenters. The van der Waals surface area contributed by atoms with Gasteiger partial charge in [0.05, 0.1) is 12.2 Å². The number of carbonyl (C=O) groups excluding carboxylic acids is 1. The Labute approximate surface area is 108 Å². The number of ether oxygens (including phenoxy) is 1. The minimum absolute atomic E-state index is 0.00165. The fourth-order valence-corrected chi connectivity index (χ4v) is 1.37. The van der Waals surface area contributed by atoms with Gasteiger partial charge in [-0.15, -0.1) is 0 Å². The van der Waals surface area contributed by atoms with Gasteiger partial charge >= 0.3 is 6.18 Å². The van der Waals surface area contributed by atoms with Crippen molar-refractivity contribution in [3.8, 4) is 5.75 Å². The van der Waals surface area contributed by atoms with Gasteiger partial charge in [-0.25, -0.2) is 0 Å². The Bertz CT molecular complexity index is 447. The Hall–Kier alpha value is -1.76. The first-order valence-corrected chi connectivity index (χ1v) is 5.56. The second kappa shape index (κ2) is 6.42. The number of likely N-dealkylation sites (N-methyl/N-ethyl adjacent to an activating group) is 1. The number of amides is 1. The number of rotatable bonds is 5. The fourth-order valence-electron chi connectivity index (χ4n) is 1.37. The average molecular weight is 276 g/mol. The maximum atomic E-state index is 12.1. The van der Waals surface area contributed by atoms with E-state index >= 15 is 0 Å². The van der Waals surface area contributed by atoms with Crippen molar-refractivity contribution in [1.82, 2.24) is 5.32 Å². The van der Waals surface area contributed by atoms with E-state index in [1.165, 1.54) is 12.1 Å². The maximum Gasteiger partial charge on any atom is 0.422 e. The molecule has 1 aromatic carbocycles. The highest BCUT2D eigenvalue weighted by molar-refractivity contribution is 5.93. The lowest BCUT2D eigenvalue weighted by atomic mass is 10.2. The van der Waals surface area contributed by atoms with E-state index in [0.29, 0.717) is 0 Å². The molecule has 0 bridgehead atoms. The molecule has 0 aliphatic carbocycles. The van der Waals surface area contributed by atoms with Gasteiger partial charge in [0.2, 0.25) is 5.91 Å². The highest BCUT2D eigenvalue weighted by Crippen LogP contribution is 2.27. The van der Waals surface area contributed by atoms with Gasteiger partial charge in [-0.1, -0.05) is 6.07 Å². The Balaban J connectivity index is 2.82. The minimum Gasteiger partial charge on any atom is -0.482 e. The van der Waals surface area contributed by atoms with Crippen LogP contribution in [0.5, 0.6) is 5.75 Å². The normalized spacial score (nSPS) is 11.2. The Morgan fingerprint density at radius 3 is 2.63 bits per heavy atom. The molecule has 0 aliphatic heterocycles. The first-order chi connectivity index (χ1) is 8.81. The molecule has 0 spiro atoms. The molecule has 106 valence electrons. The van der Waals surface area contributed by atoms with Gasteiger partial charge in [0.1, 0.15) is 5.75 Å². The van der Waals surface area contributed by atoms with Crippen molar-refractivity contribution in [2.45, 2.75) is 13.1 Å². The molecule has 0 aromatic heterocycles. The van der Waals surface area contributed by atoms with Crippen molar-refractivity contribution in [1.29, 1.82) is 0 Å². The van der Waals surface area contributed by atoms with Crippen molar-refractivity contribution < 1.29 is 22.7 Å². The summed E-state index contributed by atoms with van der Waals surface area (Å²) in [7, 11) is 1.59. The Kier molecular flexibility index (Phi) is 5.17. The molecule has 0 atom stereocenters. The molecule has 0 aliphatic rings. The van der Waals surface area contributed by atoms with Crippen LogP contribution < -0.4 is 15.4 Å². The number of hydrogen-bond donors (Lipinski definition) is 2. The van der Waals surface area contributed by atoms with Crippen molar-refractivity contribution in [3.05, 3.63) is 23.8 Å². The summed E-state index contributed by atoms with van der Waals surface area (Å²) in [6.07, 6.45) is -4.42. The van der Waals surface area contributed by atoms with Gasteiger partial charge in [-0.3, -0.25) is 4.79 Å². The Morgan fingerprint density at radius 2 is 2.05 bits per heavy atom. The highest BCUT2D eigenvalue weighted by atomic mass is 19.4. The molecule has 1 aromatic rings. The zero-order valence-corrected chi connectivity index (χ0v) is 10.6. The van der Waals surface area contributed by atoms with Crippen LogP contribution in [0.3, 0.4) is 0 Å². The summed E-state index contributed by atoms with van der Waals surface area (Å²) in [5.74, 6) is -0.356. The highest BCUT2D eigenvalue weighted by Gasteiger charge is 2.28. The van der Waals surface area contributed by atoms with E-state index in [1.807, 2.05) is 0 Å². The van der Waals surface area contributed by atoms with Crippen LogP contribution in [0.15, 0.2) is 18.2 Å². The molecule has 0 saturated heterocycles. The van der Waals surface area contributed by atoms with E-state index in [2.05, 4.69) is 10.6 Å². The van der Waals surface area contributed by atoms with Crippen LogP contribution in [0.2, 0.25) is 0 Å². The third kappa shape index (κ3) is 5.60. The van der Waals surface area contributed by atoms with Crippen molar-refractivity contribution in [3.63, 3.8) is 0 Å². The smallest absolute Gasteiger partial charge is 0.422 e. The zero-order valence-electron chi connectivity index (χ0n) is 10.6. The van der Waals surface area contributed by atoms with Crippen molar-refractivity contribution >= 4 is 11.6 Å². The van der Waals surface area contributed by atoms with E-state index in [9.17, 15) is 18.0 Å². The number of hydrogen-bond acceptors (Lipinski definition) is 3. The summed E-state index contributed by atoms with van der Waals surface area (Å²) in [4.78, 5) is 11.4. The molecule has 2 N–H and O–H groups in total. The number of carbonyl (C=O) groups is 1. The van der Waals surface area contributed by atoms with Crippen LogP contribution in [-0.4, -0.2) is 32.3 Å². The van der Waals surface area contributed by atoms with Crippen LogP contribution in [0.25, 0.3) is 0 Å². The molecular weight excluding hydrogens is 261 g/mol. The van der Waals surface area contributed by atoms with Crippen molar-refractivity contribution in [2.75, 3.05) is 25.5 Å². The first kappa shape index (κ1) is 15.3. The standard InChI is InChI=1S/C12H15F3N2O2/c1-8-3-4-9(17-11(18)6-16-2)10(5-8)19-7-12(13,14)15/h3-5,16H,6-7H2,1-2H3,(H,17,18). The number of benzene rings is 1. The van der Waals surface area contributed by atoms with Crippen LogP contribution in [0, 0.1) is 6.92 Å². The first-order valence-electron chi connectivity index (χ1n) is 5.56. The summed E-state index contributed by atoms with van der Waals surface area (Å²) >= 11 is 0. The summed E-state index contributed by atoms with van der Waals surface area (Å²) < 4.78 is 41.1. The van der Waals surface area contributed by atoms with Gasteiger partial charge in [0.15, 0.2) is 6.61 Å². The third-order valence-corrected chi connectivity index (χ3v) is 2.14. The lowest BCUT2D eigenvalue weighted by molar-refractivity contribution is -0.153. The van der Waals surface area contributed by atoms with Crippen LogP contribution in [-0.2, 0) is 4.79 Å². The maximum absolute atomic E-state index is 12.1. The number of anilines is 1. The Morgan fingerprint density at radius 1 is 1.37 bits per heavy atom. The molecule has 0 fully saturated rings. The van der Waals surface area contributed by atoms with Gasteiger partial charge < -0.3 is 15.4 Å². The topological polar surface area (TPSA) is 50.4 Å². The number of alkyl halides is 3. The predicted octanol–water partition coefficient (Wildman–Crippen LogP) is 2.09. The third-order valence-electron chi connectivity index (χ3n) is 2.14. The van der Waals surface area contributed by atoms with E-state index in [-0.39, 0.29) is 23.9 Å². The largest absolute Gasteiger partial charge is 0.482 e. The van der Waals surface area contributed by atoms with E-state index in [4.69, 9.17) is 4.74 Å². The molecule has 4 nitrogen and oxygen atoms in total. The molecular formula is C12H15F3N2O2. The van der Waals surface area contributed by atoms with Gasteiger partial charge in [0.25, 0.3) is 0 Å². The molecule has 19 heavy (non-hydrogen) atoms. The van der Waals surface area contributed by atoms with Crippen LogP contribution in [0.1, 0.15) is 5.56 Å². The van der Waals surface area contributed by atoms with E-state index in [1.54, 1.807) is 20.0 Å². The molecule has 0 heterocycles. The SMILES string of the molecule is CNCC(=O)Nc1ccc(C)cc1OCC(F)(F)F. The second-order valence-electron chi connectivity index (χ2n) is 3.98. The summed E-state index contributed by atoms with van der Waals surface area (Å²) in [5.41, 5.74) is 0.957. The zero-order chi connectivity index (χ0) is 14.5. The molecule has 1 rings (SSSR count). The predicted molar refractivity (Wildman–Crippen MR) is 65.3 cm³/mol. The lowest BCUT2D eigenvalue weighted by Crippen LogP contribution is -2.26. The van der Waals surface area contributed by atoms with Gasteiger partial charge in [-0.05, 0) is 31.7 Å². The minimum atomic E-state index is -4.42. The number of halogens is 3. The average Bonchev–Trinajstić information content (AvgIpc) is 2.29. The summed E-state index contributed by atoms with van der Waals surface area (Å²) in [6.45, 7) is 0.386. The monoisotopic (exact) mass is 276 g/mol. The fraction of sp³-hybridized carbons (Fsp3) is 0.417. The summed E-state index contributed by atoms with van der Waals surface area (Å²) in [5, 5.41) is 5.12. The van der Waals surface area contributed by atoms with Gasteiger partial charge in [0, 0.05) is 0 Å². The van der Waals surface area contributed by atoms with Crippen LogP contribution in [0.4, 0.5) is 18.9 Å². The lowest BCUT2D eigenvalue weighted by Gasteiger charge is -2.14. The van der Waals surface area contributed by atoms with Crippen LogP contribution >= 0.6 is 0 Å². The van der Waals surface area contributed by atoms with Crippen molar-refractivity contribution in [2.24, 2.45) is 0 Å². The summed E-state index contributed by atoms with van der Waals surface area (Å²) in [6, 6.07) is 4.63. The molecule has 7 heteroatoms. The molecule has 1 amide bonds. The molecule has 0 saturated carbocycles. The quantitative estimate of drug-likeness (QED) is 0.866. The van der Waals surface area contributed by atoms with E-state index in [0.717, 1.165) is 5.56 Å².